The molecule has 0 aliphatic carbocycles. The van der Waals surface area contributed by atoms with Crippen LogP contribution in [-0.2, 0) is 0 Å². The van der Waals surface area contributed by atoms with Crippen LogP contribution < -0.4 is 9.64 Å². The molecule has 0 fully saturated rings. The summed E-state index contributed by atoms with van der Waals surface area (Å²) in [6.07, 6.45) is 0. The third-order valence-electron chi connectivity index (χ3n) is 2.98. The van der Waals surface area contributed by atoms with E-state index >= 15 is 0 Å². The van der Waals surface area contributed by atoms with E-state index in [9.17, 15) is 4.79 Å². The Bertz CT molecular complexity index is 591. The van der Waals surface area contributed by atoms with Crippen LogP contribution in [0.3, 0.4) is 0 Å². The fourth-order valence-corrected chi connectivity index (χ4v) is 1.91. The molecule has 2 aromatic rings. The Kier molecular flexibility index (Phi) is 3.85. The van der Waals surface area contributed by atoms with E-state index in [2.05, 4.69) is 0 Å². The van der Waals surface area contributed by atoms with Crippen LogP contribution in [-0.4, -0.2) is 27.0 Å². The summed E-state index contributed by atoms with van der Waals surface area (Å²) in [6.45, 7) is 0. The summed E-state index contributed by atoms with van der Waals surface area (Å²) in [5, 5.41) is 0. The molecule has 0 heterocycles. The van der Waals surface area contributed by atoms with Gasteiger partial charge in [0.15, 0.2) is 5.78 Å². The normalized spacial score (nSPS) is 10.1. The molecular formula is C16H17NO2. The molecule has 0 atom stereocenters. The first-order valence-electron chi connectivity index (χ1n) is 6.08. The van der Waals surface area contributed by atoms with E-state index < -0.39 is 0 Å². The van der Waals surface area contributed by atoms with E-state index in [-0.39, 0.29) is 5.78 Å². The molecule has 0 amide bonds. The molecule has 0 bridgehead atoms. The number of hydrogen-bond acceptors (Lipinski definition) is 3. The van der Waals surface area contributed by atoms with Gasteiger partial charge >= 0.3 is 0 Å². The molecule has 0 aromatic heterocycles. The zero-order valence-electron chi connectivity index (χ0n) is 11.4. The predicted octanol–water partition coefficient (Wildman–Crippen LogP) is 2.99. The van der Waals surface area contributed by atoms with Crippen LogP contribution in [0.4, 0.5) is 5.69 Å². The van der Waals surface area contributed by atoms with Gasteiger partial charge in [-0.05, 0) is 24.3 Å². The van der Waals surface area contributed by atoms with Gasteiger partial charge in [0.05, 0.1) is 12.7 Å². The van der Waals surface area contributed by atoms with E-state index in [0.717, 1.165) is 5.69 Å². The Morgan fingerprint density at radius 2 is 1.79 bits per heavy atom. The van der Waals surface area contributed by atoms with Gasteiger partial charge in [-0.1, -0.05) is 24.3 Å². The molecule has 2 rings (SSSR count). The number of rotatable bonds is 4. The van der Waals surface area contributed by atoms with Crippen molar-refractivity contribution in [3.63, 3.8) is 0 Å². The summed E-state index contributed by atoms with van der Waals surface area (Å²) in [6, 6.07) is 14.8. The Hall–Kier alpha value is -2.29. The maximum absolute atomic E-state index is 12.5. The van der Waals surface area contributed by atoms with Crippen LogP contribution >= 0.6 is 0 Å². The molecule has 0 aliphatic rings. The summed E-state index contributed by atoms with van der Waals surface area (Å²) in [7, 11) is 5.47. The van der Waals surface area contributed by atoms with Crippen molar-refractivity contribution >= 4 is 11.5 Å². The second kappa shape index (κ2) is 5.57. The topological polar surface area (TPSA) is 29.5 Å². The summed E-state index contributed by atoms with van der Waals surface area (Å²) >= 11 is 0. The molecule has 98 valence electrons. The van der Waals surface area contributed by atoms with Crippen LogP contribution in [0.1, 0.15) is 15.9 Å². The molecule has 19 heavy (non-hydrogen) atoms. The Morgan fingerprint density at radius 1 is 1.05 bits per heavy atom. The molecule has 0 spiro atoms. The first-order valence-corrected chi connectivity index (χ1v) is 6.08. The number of ether oxygens (including phenoxy) is 1. The van der Waals surface area contributed by atoms with Gasteiger partial charge in [0.1, 0.15) is 5.75 Å². The van der Waals surface area contributed by atoms with Crippen molar-refractivity contribution in [2.45, 2.75) is 0 Å². The smallest absolute Gasteiger partial charge is 0.196 e. The van der Waals surface area contributed by atoms with Gasteiger partial charge < -0.3 is 9.64 Å². The number of benzene rings is 2. The number of methoxy groups -OCH3 is 1. The average molecular weight is 255 g/mol. The Morgan fingerprint density at radius 3 is 2.47 bits per heavy atom. The van der Waals surface area contributed by atoms with Crippen LogP contribution in [0.2, 0.25) is 0 Å². The van der Waals surface area contributed by atoms with Crippen molar-refractivity contribution in [3.8, 4) is 5.75 Å². The molecule has 0 aliphatic heterocycles. The van der Waals surface area contributed by atoms with Gasteiger partial charge in [-0.15, -0.1) is 0 Å². The van der Waals surface area contributed by atoms with E-state index in [0.29, 0.717) is 16.9 Å². The highest BCUT2D eigenvalue weighted by molar-refractivity contribution is 6.11. The van der Waals surface area contributed by atoms with E-state index in [1.54, 1.807) is 19.2 Å². The van der Waals surface area contributed by atoms with Gasteiger partial charge in [-0.25, -0.2) is 0 Å². The number of anilines is 1. The average Bonchev–Trinajstić information content (AvgIpc) is 2.46. The Balaban J connectivity index is 2.41. The molecule has 2 aromatic carbocycles. The highest BCUT2D eigenvalue weighted by Crippen LogP contribution is 2.23. The molecule has 0 N–H and O–H groups in total. The number of para-hydroxylation sites is 1. The fourth-order valence-electron chi connectivity index (χ4n) is 1.91. The molecule has 0 radical (unpaired) electrons. The van der Waals surface area contributed by atoms with Crippen molar-refractivity contribution in [1.82, 2.24) is 0 Å². The molecule has 0 saturated heterocycles. The quantitative estimate of drug-likeness (QED) is 0.787. The van der Waals surface area contributed by atoms with Crippen LogP contribution in [0, 0.1) is 0 Å². The second-order valence-corrected chi connectivity index (χ2v) is 4.47. The highest BCUT2D eigenvalue weighted by Gasteiger charge is 2.14. The van der Waals surface area contributed by atoms with Crippen LogP contribution in [0.25, 0.3) is 0 Å². The van der Waals surface area contributed by atoms with Crippen molar-refractivity contribution < 1.29 is 9.53 Å². The molecule has 3 heteroatoms. The van der Waals surface area contributed by atoms with Gasteiger partial charge in [0.25, 0.3) is 0 Å². The number of carbonyl (C=O) groups is 1. The first kappa shape index (κ1) is 13.1. The third kappa shape index (κ3) is 2.76. The number of ketones is 1. The standard InChI is InChI=1S/C16H17NO2/c1-17(2)13-8-6-7-12(11-13)16(18)14-9-4-5-10-15(14)19-3/h4-11H,1-3H3. The third-order valence-corrected chi connectivity index (χ3v) is 2.98. The van der Waals surface area contributed by atoms with Gasteiger partial charge in [-0.2, -0.15) is 0 Å². The Labute approximate surface area is 113 Å². The first-order chi connectivity index (χ1) is 9.13. The van der Waals surface area contributed by atoms with Gasteiger partial charge in [0, 0.05) is 25.3 Å². The predicted molar refractivity (Wildman–Crippen MR) is 77.2 cm³/mol. The lowest BCUT2D eigenvalue weighted by Gasteiger charge is -2.13. The van der Waals surface area contributed by atoms with E-state index in [1.807, 2.05) is 55.4 Å². The van der Waals surface area contributed by atoms with Gasteiger partial charge in [-0.3, -0.25) is 4.79 Å². The van der Waals surface area contributed by atoms with Gasteiger partial charge in [0.2, 0.25) is 0 Å². The summed E-state index contributed by atoms with van der Waals surface area (Å²) < 4.78 is 5.23. The zero-order chi connectivity index (χ0) is 13.8. The largest absolute Gasteiger partial charge is 0.496 e. The van der Waals surface area contributed by atoms with E-state index in [1.165, 1.54) is 0 Å². The molecular weight excluding hydrogens is 238 g/mol. The summed E-state index contributed by atoms with van der Waals surface area (Å²) in [5.41, 5.74) is 2.25. The molecule has 0 saturated carbocycles. The van der Waals surface area contributed by atoms with Crippen molar-refractivity contribution in [2.75, 3.05) is 26.1 Å². The lowest BCUT2D eigenvalue weighted by Crippen LogP contribution is -2.10. The lowest BCUT2D eigenvalue weighted by atomic mass is 10.0. The maximum atomic E-state index is 12.5. The second-order valence-electron chi connectivity index (χ2n) is 4.47. The van der Waals surface area contributed by atoms with Crippen molar-refractivity contribution in [1.29, 1.82) is 0 Å². The lowest BCUT2D eigenvalue weighted by molar-refractivity contribution is 0.103. The SMILES string of the molecule is COc1ccccc1C(=O)c1cccc(N(C)C)c1. The minimum absolute atomic E-state index is 0.0267. The summed E-state index contributed by atoms with van der Waals surface area (Å²) in [5.74, 6) is 0.573. The zero-order valence-corrected chi connectivity index (χ0v) is 11.4. The number of carbonyl (C=O) groups excluding carboxylic acids is 1. The maximum Gasteiger partial charge on any atom is 0.196 e. The molecule has 3 nitrogen and oxygen atoms in total. The summed E-state index contributed by atoms with van der Waals surface area (Å²) in [4.78, 5) is 14.5. The number of nitrogens with zero attached hydrogens (tertiary/aromatic N) is 1. The monoisotopic (exact) mass is 255 g/mol. The van der Waals surface area contributed by atoms with Crippen LogP contribution in [0.15, 0.2) is 48.5 Å². The minimum atomic E-state index is -0.0267. The van der Waals surface area contributed by atoms with Crippen molar-refractivity contribution in [3.05, 3.63) is 59.7 Å². The van der Waals surface area contributed by atoms with E-state index in [4.69, 9.17) is 4.74 Å². The molecule has 0 unspecified atom stereocenters. The number of hydrogen-bond donors (Lipinski definition) is 0. The fraction of sp³-hybridized carbons (Fsp3) is 0.188. The van der Waals surface area contributed by atoms with Crippen LogP contribution in [0.5, 0.6) is 5.75 Å². The van der Waals surface area contributed by atoms with Crippen molar-refractivity contribution in [2.24, 2.45) is 0 Å². The highest BCUT2D eigenvalue weighted by atomic mass is 16.5. The minimum Gasteiger partial charge on any atom is -0.496 e.